The summed E-state index contributed by atoms with van der Waals surface area (Å²) in [7, 11) is 0. The number of aromatic nitrogens is 2. The van der Waals surface area contributed by atoms with Crippen molar-refractivity contribution < 1.29 is 0 Å². The first-order chi connectivity index (χ1) is 10.4. The summed E-state index contributed by atoms with van der Waals surface area (Å²) in [6, 6.07) is 4.30. The maximum Gasteiger partial charge on any atom is 0.138 e. The molecule has 0 fully saturated rings. The summed E-state index contributed by atoms with van der Waals surface area (Å²) in [5, 5.41) is 6.94. The largest absolute Gasteiger partial charge is 0.369 e. The molecule has 1 aliphatic carbocycles. The van der Waals surface area contributed by atoms with E-state index in [2.05, 4.69) is 32.8 Å². The van der Waals surface area contributed by atoms with Crippen molar-refractivity contribution in [2.45, 2.75) is 32.1 Å². The highest BCUT2D eigenvalue weighted by Gasteiger charge is 2.19. The van der Waals surface area contributed by atoms with E-state index in [-0.39, 0.29) is 0 Å². The third-order valence-electron chi connectivity index (χ3n) is 4.00. The highest BCUT2D eigenvalue weighted by molar-refractivity contribution is 7.19. The lowest BCUT2D eigenvalue weighted by Crippen LogP contribution is -2.07. The van der Waals surface area contributed by atoms with Crippen LogP contribution in [-0.4, -0.2) is 16.5 Å². The van der Waals surface area contributed by atoms with E-state index in [0.29, 0.717) is 0 Å². The van der Waals surface area contributed by atoms with Gasteiger partial charge in [0.15, 0.2) is 0 Å². The molecule has 4 rings (SSSR count). The minimum Gasteiger partial charge on any atom is -0.369 e. The van der Waals surface area contributed by atoms with Gasteiger partial charge in [0.25, 0.3) is 0 Å². The molecular formula is C16H17N3S2. The average molecular weight is 315 g/mol. The van der Waals surface area contributed by atoms with Gasteiger partial charge in [-0.05, 0) is 49.1 Å². The lowest BCUT2D eigenvalue weighted by molar-refractivity contribution is 0.700. The van der Waals surface area contributed by atoms with Gasteiger partial charge in [0.1, 0.15) is 17.0 Å². The summed E-state index contributed by atoms with van der Waals surface area (Å²) in [5.41, 5.74) is 1.50. The number of aryl methyl sites for hydroxylation is 2. The Morgan fingerprint density at radius 3 is 3.05 bits per heavy atom. The Labute approximate surface area is 132 Å². The average Bonchev–Trinajstić information content (AvgIpc) is 3.14. The topological polar surface area (TPSA) is 37.8 Å². The van der Waals surface area contributed by atoms with E-state index in [1.807, 2.05) is 22.7 Å². The van der Waals surface area contributed by atoms with E-state index in [1.54, 1.807) is 6.33 Å². The fourth-order valence-electron chi connectivity index (χ4n) is 2.98. The first kappa shape index (κ1) is 13.2. The molecular weight excluding hydrogens is 298 g/mol. The third kappa shape index (κ3) is 2.56. The molecule has 5 heteroatoms. The van der Waals surface area contributed by atoms with Crippen molar-refractivity contribution in [3.63, 3.8) is 0 Å². The molecule has 0 amide bonds. The minimum atomic E-state index is 0.928. The standard InChI is InChI=1S/C16H17N3S2/c1-2-6-13-12(5-1)14-15(18-10-19-16(14)21-13)17-8-7-11-4-3-9-20-11/h3-4,9-10H,1-2,5-8H2,(H,17,18,19). The van der Waals surface area contributed by atoms with Crippen LogP contribution in [0.3, 0.4) is 0 Å². The molecule has 0 unspecified atom stereocenters. The van der Waals surface area contributed by atoms with Gasteiger partial charge in [-0.15, -0.1) is 22.7 Å². The van der Waals surface area contributed by atoms with Crippen LogP contribution in [0.25, 0.3) is 10.2 Å². The second-order valence-electron chi connectivity index (χ2n) is 5.37. The molecule has 1 aliphatic rings. The van der Waals surface area contributed by atoms with Crippen LogP contribution in [0.5, 0.6) is 0 Å². The van der Waals surface area contributed by atoms with E-state index in [9.17, 15) is 0 Å². The highest BCUT2D eigenvalue weighted by atomic mass is 32.1. The number of anilines is 1. The predicted octanol–water partition coefficient (Wildman–Crippen LogP) is 4.29. The molecule has 21 heavy (non-hydrogen) atoms. The van der Waals surface area contributed by atoms with Gasteiger partial charge < -0.3 is 5.32 Å². The summed E-state index contributed by atoms with van der Waals surface area (Å²) in [4.78, 5) is 13.1. The molecule has 3 nitrogen and oxygen atoms in total. The molecule has 0 aliphatic heterocycles. The van der Waals surface area contributed by atoms with Gasteiger partial charge in [-0.2, -0.15) is 0 Å². The Balaban J connectivity index is 1.60. The van der Waals surface area contributed by atoms with Crippen LogP contribution < -0.4 is 5.32 Å². The van der Waals surface area contributed by atoms with Gasteiger partial charge in [0, 0.05) is 16.3 Å². The lowest BCUT2D eigenvalue weighted by atomic mass is 9.97. The number of fused-ring (bicyclic) bond motifs is 3. The van der Waals surface area contributed by atoms with E-state index < -0.39 is 0 Å². The van der Waals surface area contributed by atoms with Crippen molar-refractivity contribution in [2.24, 2.45) is 0 Å². The molecule has 3 heterocycles. The monoisotopic (exact) mass is 315 g/mol. The third-order valence-corrected chi connectivity index (χ3v) is 6.13. The summed E-state index contributed by atoms with van der Waals surface area (Å²) in [6.07, 6.45) is 7.75. The molecule has 0 saturated heterocycles. The maximum absolute atomic E-state index is 4.49. The van der Waals surface area contributed by atoms with Crippen LogP contribution in [0.4, 0.5) is 5.82 Å². The van der Waals surface area contributed by atoms with Crippen molar-refractivity contribution in [3.05, 3.63) is 39.2 Å². The molecule has 1 N–H and O–H groups in total. The maximum atomic E-state index is 4.49. The Hall–Kier alpha value is -1.46. The van der Waals surface area contributed by atoms with Crippen LogP contribution in [0.2, 0.25) is 0 Å². The zero-order chi connectivity index (χ0) is 14.1. The van der Waals surface area contributed by atoms with Gasteiger partial charge in [-0.3, -0.25) is 0 Å². The molecule has 0 atom stereocenters. The Morgan fingerprint density at radius 1 is 1.19 bits per heavy atom. The molecule has 0 spiro atoms. The van der Waals surface area contributed by atoms with Gasteiger partial charge in [0.05, 0.1) is 5.39 Å². The number of rotatable bonds is 4. The summed E-state index contributed by atoms with van der Waals surface area (Å²) in [5.74, 6) is 1.02. The summed E-state index contributed by atoms with van der Waals surface area (Å²) < 4.78 is 0. The Kier molecular flexibility index (Phi) is 3.61. The van der Waals surface area contributed by atoms with E-state index >= 15 is 0 Å². The fraction of sp³-hybridized carbons (Fsp3) is 0.375. The van der Waals surface area contributed by atoms with Crippen molar-refractivity contribution in [3.8, 4) is 0 Å². The van der Waals surface area contributed by atoms with Crippen LogP contribution in [-0.2, 0) is 19.3 Å². The summed E-state index contributed by atoms with van der Waals surface area (Å²) >= 11 is 3.67. The van der Waals surface area contributed by atoms with Crippen LogP contribution >= 0.6 is 22.7 Å². The normalized spacial score (nSPS) is 14.3. The first-order valence-corrected chi connectivity index (χ1v) is 9.13. The second kappa shape index (κ2) is 5.73. The molecule has 3 aromatic heterocycles. The molecule has 0 radical (unpaired) electrons. The smallest absolute Gasteiger partial charge is 0.138 e. The fourth-order valence-corrected chi connectivity index (χ4v) is 4.92. The number of nitrogens with one attached hydrogen (secondary N) is 1. The predicted molar refractivity (Wildman–Crippen MR) is 90.6 cm³/mol. The van der Waals surface area contributed by atoms with E-state index in [1.165, 1.54) is 46.4 Å². The van der Waals surface area contributed by atoms with Gasteiger partial charge in [-0.1, -0.05) is 6.07 Å². The molecule has 0 bridgehead atoms. The van der Waals surface area contributed by atoms with Crippen molar-refractivity contribution in [1.82, 2.24) is 9.97 Å². The van der Waals surface area contributed by atoms with Crippen molar-refractivity contribution >= 4 is 38.7 Å². The molecule has 0 aromatic carbocycles. The number of hydrogen-bond donors (Lipinski definition) is 1. The molecule has 3 aromatic rings. The first-order valence-electron chi connectivity index (χ1n) is 7.43. The summed E-state index contributed by atoms with van der Waals surface area (Å²) in [6.45, 7) is 0.928. The quantitative estimate of drug-likeness (QED) is 0.780. The van der Waals surface area contributed by atoms with Crippen LogP contribution in [0.15, 0.2) is 23.8 Å². The van der Waals surface area contributed by atoms with Crippen molar-refractivity contribution in [2.75, 3.05) is 11.9 Å². The zero-order valence-corrected chi connectivity index (χ0v) is 13.4. The number of hydrogen-bond acceptors (Lipinski definition) is 5. The number of nitrogens with zero attached hydrogens (tertiary/aromatic N) is 2. The van der Waals surface area contributed by atoms with Gasteiger partial charge >= 0.3 is 0 Å². The number of thiophene rings is 2. The second-order valence-corrected chi connectivity index (χ2v) is 7.49. The molecule has 108 valence electrons. The Bertz CT molecular complexity index is 746. The highest BCUT2D eigenvalue weighted by Crippen LogP contribution is 2.38. The van der Waals surface area contributed by atoms with Gasteiger partial charge in [0.2, 0.25) is 0 Å². The lowest BCUT2D eigenvalue weighted by Gasteiger charge is -2.12. The van der Waals surface area contributed by atoms with Crippen LogP contribution in [0, 0.1) is 0 Å². The van der Waals surface area contributed by atoms with Crippen molar-refractivity contribution in [1.29, 1.82) is 0 Å². The van der Waals surface area contributed by atoms with E-state index in [4.69, 9.17) is 0 Å². The zero-order valence-electron chi connectivity index (χ0n) is 11.8. The Morgan fingerprint density at radius 2 is 2.14 bits per heavy atom. The van der Waals surface area contributed by atoms with Gasteiger partial charge in [-0.25, -0.2) is 9.97 Å². The molecule has 0 saturated carbocycles. The van der Waals surface area contributed by atoms with Crippen LogP contribution in [0.1, 0.15) is 28.2 Å². The minimum absolute atomic E-state index is 0.928. The SMILES string of the molecule is c1csc(CCNc2ncnc3sc4c(c23)CCCC4)c1. The van der Waals surface area contributed by atoms with E-state index in [0.717, 1.165) is 23.6 Å².